The van der Waals surface area contributed by atoms with Crippen molar-refractivity contribution in [3.8, 4) is 0 Å². The first kappa shape index (κ1) is 25.4. The predicted molar refractivity (Wildman–Crippen MR) is 144 cm³/mol. The molecule has 0 spiro atoms. The Kier molecular flexibility index (Phi) is 6.61. The van der Waals surface area contributed by atoms with Crippen molar-refractivity contribution in [2.45, 2.75) is 64.3 Å². The minimum absolute atomic E-state index is 0.0290. The fraction of sp³-hybridized carbons (Fsp3) is 0.323. The summed E-state index contributed by atoms with van der Waals surface area (Å²) in [5.41, 5.74) is 4.77. The summed E-state index contributed by atoms with van der Waals surface area (Å²) >= 11 is 0. The molecule has 0 radical (unpaired) electrons. The Hall–Kier alpha value is -3.73. The van der Waals surface area contributed by atoms with Crippen LogP contribution in [0.3, 0.4) is 0 Å². The number of hydrogen-bond donors (Lipinski definition) is 1. The number of benzene rings is 3. The largest absolute Gasteiger partial charge is 0.481 e. The molecule has 186 valence electrons. The fourth-order valence-corrected chi connectivity index (χ4v) is 4.63. The maximum Gasteiger partial charge on any atom is 0.313 e. The number of fused-ring (bicyclic) bond motifs is 1. The molecule has 1 heterocycles. The van der Waals surface area contributed by atoms with Crippen LogP contribution >= 0.6 is 0 Å². The summed E-state index contributed by atoms with van der Waals surface area (Å²) in [5, 5.41) is 16.2. The third-order valence-electron chi connectivity index (χ3n) is 6.81. The van der Waals surface area contributed by atoms with Gasteiger partial charge in [-0.2, -0.15) is 5.10 Å². The van der Waals surface area contributed by atoms with Gasteiger partial charge in [0.05, 0.1) is 12.3 Å². The zero-order valence-electron chi connectivity index (χ0n) is 21.8. The lowest BCUT2D eigenvalue weighted by molar-refractivity contribution is -0.140. The molecule has 1 aliphatic heterocycles. The van der Waals surface area contributed by atoms with E-state index in [9.17, 15) is 14.7 Å². The summed E-state index contributed by atoms with van der Waals surface area (Å²) in [6, 6.07) is 22.0. The number of rotatable bonds is 4. The zero-order valence-corrected chi connectivity index (χ0v) is 21.8. The number of aliphatic carboxylic acids is 1. The van der Waals surface area contributed by atoms with Crippen LogP contribution in [-0.2, 0) is 15.6 Å². The maximum atomic E-state index is 13.6. The van der Waals surface area contributed by atoms with Gasteiger partial charge in [-0.05, 0) is 44.7 Å². The van der Waals surface area contributed by atoms with Gasteiger partial charge in [0.25, 0.3) is 5.91 Å². The zero-order chi connectivity index (χ0) is 26.3. The molecule has 0 fully saturated rings. The summed E-state index contributed by atoms with van der Waals surface area (Å²) in [5.74, 6) is -2.25. The van der Waals surface area contributed by atoms with Gasteiger partial charge < -0.3 is 5.11 Å². The first-order valence-corrected chi connectivity index (χ1v) is 12.3. The average Bonchev–Trinajstić information content (AvgIpc) is 2.82. The molecule has 0 aromatic heterocycles. The van der Waals surface area contributed by atoms with E-state index in [-0.39, 0.29) is 16.7 Å². The van der Waals surface area contributed by atoms with Crippen molar-refractivity contribution < 1.29 is 14.7 Å². The van der Waals surface area contributed by atoms with Gasteiger partial charge in [0.2, 0.25) is 0 Å². The molecule has 0 aliphatic carbocycles. The average molecular weight is 483 g/mol. The molecule has 1 amide bonds. The van der Waals surface area contributed by atoms with E-state index < -0.39 is 17.9 Å². The van der Waals surface area contributed by atoms with Gasteiger partial charge in [-0.3, -0.25) is 9.59 Å². The van der Waals surface area contributed by atoms with E-state index >= 15 is 0 Å². The number of hydrazone groups is 1. The first-order valence-electron chi connectivity index (χ1n) is 12.3. The van der Waals surface area contributed by atoms with Crippen LogP contribution < -0.4 is 0 Å². The molecule has 0 saturated heterocycles. The Morgan fingerprint density at radius 2 is 1.36 bits per heavy atom. The minimum atomic E-state index is -0.991. The van der Waals surface area contributed by atoms with Crippen molar-refractivity contribution in [3.63, 3.8) is 0 Å². The summed E-state index contributed by atoms with van der Waals surface area (Å²) in [7, 11) is 0. The van der Waals surface area contributed by atoms with Crippen molar-refractivity contribution in [2.24, 2.45) is 5.10 Å². The number of amides is 1. The molecular weight excluding hydrogens is 448 g/mol. The summed E-state index contributed by atoms with van der Waals surface area (Å²) in [6.45, 7) is 12.8. The standard InChI is InChI=1S/C31H34N2O3/c1-30(2,3)22-15-11-20(12-16-22)19-32-33-27(21-13-17-23(18-14-21)31(4,5)6)26(29(35)36)24-9-7-8-10-25(24)28(33)34/h7-19,26-27H,1-6H3,(H,35,36)/b32-19+/t26-,27-/m0/s1. The van der Waals surface area contributed by atoms with E-state index in [4.69, 9.17) is 0 Å². The van der Waals surface area contributed by atoms with Gasteiger partial charge in [0, 0.05) is 5.56 Å². The maximum absolute atomic E-state index is 13.6. The van der Waals surface area contributed by atoms with Crippen LogP contribution in [0.2, 0.25) is 0 Å². The number of hydrogen-bond acceptors (Lipinski definition) is 3. The van der Waals surface area contributed by atoms with Gasteiger partial charge in [-0.25, -0.2) is 5.01 Å². The highest BCUT2D eigenvalue weighted by atomic mass is 16.4. The quantitative estimate of drug-likeness (QED) is 0.422. The van der Waals surface area contributed by atoms with Crippen molar-refractivity contribution >= 4 is 18.1 Å². The molecule has 0 unspecified atom stereocenters. The van der Waals surface area contributed by atoms with Crippen molar-refractivity contribution in [1.29, 1.82) is 0 Å². The topological polar surface area (TPSA) is 70.0 Å². The molecule has 36 heavy (non-hydrogen) atoms. The second kappa shape index (κ2) is 9.38. The van der Waals surface area contributed by atoms with E-state index in [2.05, 4.69) is 58.8 Å². The number of nitrogens with zero attached hydrogens (tertiary/aromatic N) is 2. The number of carboxylic acid groups (broad SMARTS) is 1. The highest BCUT2D eigenvalue weighted by Crippen LogP contribution is 2.43. The number of carbonyl (C=O) groups excluding carboxylic acids is 1. The third kappa shape index (κ3) is 4.97. The Balaban J connectivity index is 1.80. The molecular formula is C31H34N2O3. The molecule has 5 nitrogen and oxygen atoms in total. The third-order valence-corrected chi connectivity index (χ3v) is 6.81. The second-order valence-electron chi connectivity index (χ2n) is 11.5. The Labute approximate surface area is 213 Å². The van der Waals surface area contributed by atoms with Crippen LogP contribution in [0.25, 0.3) is 0 Å². The lowest BCUT2D eigenvalue weighted by atomic mass is 9.79. The lowest BCUT2D eigenvalue weighted by Gasteiger charge is -2.37. The molecule has 3 aromatic rings. The first-order chi connectivity index (χ1) is 16.9. The van der Waals surface area contributed by atoms with Gasteiger partial charge in [-0.1, -0.05) is 108 Å². The summed E-state index contributed by atoms with van der Waals surface area (Å²) in [4.78, 5) is 26.2. The van der Waals surface area contributed by atoms with Crippen molar-refractivity contribution in [2.75, 3.05) is 0 Å². The lowest BCUT2D eigenvalue weighted by Crippen LogP contribution is -2.42. The molecule has 0 saturated carbocycles. The van der Waals surface area contributed by atoms with Crippen molar-refractivity contribution in [1.82, 2.24) is 5.01 Å². The Morgan fingerprint density at radius 3 is 1.89 bits per heavy atom. The molecule has 3 aromatic carbocycles. The van der Waals surface area contributed by atoms with Crippen LogP contribution in [0.5, 0.6) is 0 Å². The van der Waals surface area contributed by atoms with E-state index in [0.717, 1.165) is 16.7 Å². The SMILES string of the molecule is CC(C)(C)c1ccc(/C=N/N2C(=O)c3ccccc3[C@H](C(=O)O)[C@@H]2c2ccc(C(C)(C)C)cc2)cc1. The van der Waals surface area contributed by atoms with Crippen LogP contribution in [0, 0.1) is 0 Å². The van der Waals surface area contributed by atoms with Crippen LogP contribution in [0.15, 0.2) is 77.9 Å². The van der Waals surface area contributed by atoms with Gasteiger partial charge in [-0.15, -0.1) is 0 Å². The molecule has 5 heteroatoms. The predicted octanol–water partition coefficient (Wildman–Crippen LogP) is 6.68. The van der Waals surface area contributed by atoms with Crippen LogP contribution in [0.4, 0.5) is 0 Å². The smallest absolute Gasteiger partial charge is 0.313 e. The monoisotopic (exact) mass is 482 g/mol. The molecule has 1 aliphatic rings. The molecule has 0 bridgehead atoms. The Bertz CT molecular complexity index is 1290. The van der Waals surface area contributed by atoms with Crippen molar-refractivity contribution in [3.05, 3.63) is 106 Å². The van der Waals surface area contributed by atoms with Gasteiger partial charge in [0.15, 0.2) is 0 Å². The summed E-state index contributed by atoms with van der Waals surface area (Å²) in [6.07, 6.45) is 1.63. The highest BCUT2D eigenvalue weighted by Gasteiger charge is 2.44. The highest BCUT2D eigenvalue weighted by molar-refractivity contribution is 6.00. The fourth-order valence-electron chi connectivity index (χ4n) is 4.63. The molecule has 2 atom stereocenters. The van der Waals surface area contributed by atoms with E-state index in [1.807, 2.05) is 36.4 Å². The van der Waals surface area contributed by atoms with Crippen LogP contribution in [0.1, 0.15) is 91.7 Å². The number of carboxylic acids is 1. The van der Waals surface area contributed by atoms with E-state index in [1.165, 1.54) is 10.6 Å². The van der Waals surface area contributed by atoms with Crippen LogP contribution in [-0.4, -0.2) is 28.2 Å². The van der Waals surface area contributed by atoms with E-state index in [0.29, 0.717) is 11.1 Å². The molecule has 4 rings (SSSR count). The molecule has 1 N–H and O–H groups in total. The summed E-state index contributed by atoms with van der Waals surface area (Å²) < 4.78 is 0. The normalized spacial score (nSPS) is 18.4. The van der Waals surface area contributed by atoms with Gasteiger partial charge >= 0.3 is 5.97 Å². The number of carbonyl (C=O) groups is 2. The second-order valence-corrected chi connectivity index (χ2v) is 11.5. The minimum Gasteiger partial charge on any atom is -0.481 e. The van der Waals surface area contributed by atoms with E-state index in [1.54, 1.807) is 30.5 Å². The Morgan fingerprint density at radius 1 is 0.833 bits per heavy atom. The van der Waals surface area contributed by atoms with Gasteiger partial charge in [0.1, 0.15) is 5.92 Å².